The van der Waals surface area contributed by atoms with Gasteiger partial charge in [-0.05, 0) is 0 Å². The fraction of sp³-hybridized carbons (Fsp3) is 0.667. The predicted molar refractivity (Wildman–Crippen MR) is 62.9 cm³/mol. The summed E-state index contributed by atoms with van der Waals surface area (Å²) in [6, 6.07) is 0. The summed E-state index contributed by atoms with van der Waals surface area (Å²) in [5.74, 6) is -1.75. The smallest absolute Gasteiger partial charge is 0.313 e. The van der Waals surface area contributed by atoms with Crippen molar-refractivity contribution in [3.8, 4) is 0 Å². The molecule has 0 atom stereocenters. The van der Waals surface area contributed by atoms with Gasteiger partial charge in [-0.15, -0.1) is 11.8 Å². The molecule has 7 nitrogen and oxygen atoms in total. The number of carboxylic acid groups (broad SMARTS) is 1. The zero-order chi connectivity index (χ0) is 13.1. The minimum atomic E-state index is -0.972. The van der Waals surface area contributed by atoms with Crippen LogP contribution in [0.2, 0.25) is 0 Å². The number of amides is 2. The molecule has 0 bridgehead atoms. The highest BCUT2D eigenvalue weighted by atomic mass is 32.2. The molecule has 0 saturated heterocycles. The number of carbonyl (C=O) groups is 3. The molecule has 0 spiro atoms. The van der Waals surface area contributed by atoms with Crippen molar-refractivity contribution in [1.29, 1.82) is 0 Å². The average Bonchev–Trinajstić information content (AvgIpc) is 2.26. The maximum atomic E-state index is 11.1. The Balaban J connectivity index is 3.48. The third kappa shape index (κ3) is 11.0. The fourth-order valence-electron chi connectivity index (χ4n) is 0.816. The van der Waals surface area contributed by atoms with Crippen LogP contribution in [-0.2, 0) is 19.1 Å². The predicted octanol–water partition coefficient (Wildman–Crippen LogP) is -1.32. The molecular formula is C9H16N2O5S. The summed E-state index contributed by atoms with van der Waals surface area (Å²) in [6.07, 6.45) is 0. The van der Waals surface area contributed by atoms with E-state index >= 15 is 0 Å². The fourth-order valence-corrected chi connectivity index (χ4v) is 1.38. The Bertz CT molecular complexity index is 272. The lowest BCUT2D eigenvalue weighted by Crippen LogP contribution is -2.38. The number of hydrogen-bond acceptors (Lipinski definition) is 5. The number of carbonyl (C=O) groups excluding carboxylic acids is 2. The van der Waals surface area contributed by atoms with Crippen LogP contribution >= 0.6 is 11.8 Å². The first-order valence-electron chi connectivity index (χ1n) is 4.88. The van der Waals surface area contributed by atoms with Crippen LogP contribution in [0.1, 0.15) is 0 Å². The quantitative estimate of drug-likeness (QED) is 0.446. The minimum absolute atomic E-state index is 0.0254. The van der Waals surface area contributed by atoms with Crippen LogP contribution in [0, 0.1) is 0 Å². The summed E-state index contributed by atoms with van der Waals surface area (Å²) >= 11 is 0.979. The standard InChI is InChI=1S/C9H16N2O5S/c1-16-3-2-10-7(12)4-11-8(13)5-17-6-9(14)15/h2-6H2,1H3,(H,10,12)(H,11,13)(H,14,15). The van der Waals surface area contributed by atoms with E-state index in [2.05, 4.69) is 10.6 Å². The number of nitrogens with one attached hydrogen (secondary N) is 2. The first-order valence-corrected chi connectivity index (χ1v) is 6.03. The van der Waals surface area contributed by atoms with E-state index < -0.39 is 5.97 Å². The summed E-state index contributed by atoms with van der Waals surface area (Å²) in [6.45, 7) is 0.684. The number of rotatable bonds is 9. The molecule has 8 heteroatoms. The first kappa shape index (κ1) is 15.7. The lowest BCUT2D eigenvalue weighted by atomic mass is 10.5. The third-order valence-corrected chi connectivity index (χ3v) is 2.45. The molecule has 0 saturated carbocycles. The van der Waals surface area contributed by atoms with Crippen LogP contribution in [0.3, 0.4) is 0 Å². The molecule has 3 N–H and O–H groups in total. The highest BCUT2D eigenvalue weighted by molar-refractivity contribution is 8.00. The van der Waals surface area contributed by atoms with Crippen molar-refractivity contribution in [3.05, 3.63) is 0 Å². The maximum Gasteiger partial charge on any atom is 0.313 e. The average molecular weight is 264 g/mol. The van der Waals surface area contributed by atoms with Gasteiger partial charge in [-0.3, -0.25) is 14.4 Å². The Labute approximate surface area is 103 Å². The van der Waals surface area contributed by atoms with E-state index in [1.54, 1.807) is 0 Å². The summed E-state index contributed by atoms with van der Waals surface area (Å²) in [7, 11) is 1.52. The zero-order valence-corrected chi connectivity index (χ0v) is 10.3. The molecule has 0 radical (unpaired) electrons. The second-order valence-electron chi connectivity index (χ2n) is 3.01. The van der Waals surface area contributed by atoms with E-state index in [-0.39, 0.29) is 29.9 Å². The monoisotopic (exact) mass is 264 g/mol. The number of methoxy groups -OCH3 is 1. The summed E-state index contributed by atoms with van der Waals surface area (Å²) < 4.78 is 4.73. The van der Waals surface area contributed by atoms with Crippen molar-refractivity contribution in [1.82, 2.24) is 10.6 Å². The summed E-state index contributed by atoms with van der Waals surface area (Å²) in [5.41, 5.74) is 0. The molecule has 0 aromatic carbocycles. The molecule has 98 valence electrons. The van der Waals surface area contributed by atoms with Gasteiger partial charge in [0, 0.05) is 13.7 Å². The van der Waals surface area contributed by atoms with Crippen molar-refractivity contribution < 1.29 is 24.2 Å². The molecular weight excluding hydrogens is 248 g/mol. The second-order valence-corrected chi connectivity index (χ2v) is 3.99. The van der Waals surface area contributed by atoms with Crippen LogP contribution in [0.15, 0.2) is 0 Å². The molecule has 17 heavy (non-hydrogen) atoms. The van der Waals surface area contributed by atoms with Crippen molar-refractivity contribution in [2.75, 3.05) is 38.3 Å². The Hall–Kier alpha value is -1.28. The number of carboxylic acids is 1. The number of thioether (sulfide) groups is 1. The Morgan fingerprint density at radius 1 is 1.18 bits per heavy atom. The van der Waals surface area contributed by atoms with Crippen molar-refractivity contribution in [2.24, 2.45) is 0 Å². The third-order valence-electron chi connectivity index (χ3n) is 1.53. The molecule has 0 aliphatic carbocycles. The summed E-state index contributed by atoms with van der Waals surface area (Å²) in [5, 5.41) is 13.2. The van der Waals surface area contributed by atoms with E-state index in [4.69, 9.17) is 9.84 Å². The number of hydrogen-bond donors (Lipinski definition) is 3. The maximum absolute atomic E-state index is 11.1. The molecule has 0 fully saturated rings. The largest absolute Gasteiger partial charge is 0.481 e. The molecule has 0 aliphatic rings. The van der Waals surface area contributed by atoms with E-state index in [0.717, 1.165) is 11.8 Å². The minimum Gasteiger partial charge on any atom is -0.481 e. The van der Waals surface area contributed by atoms with Crippen LogP contribution < -0.4 is 10.6 Å². The van der Waals surface area contributed by atoms with Gasteiger partial charge in [-0.2, -0.15) is 0 Å². The van der Waals surface area contributed by atoms with E-state index in [1.165, 1.54) is 7.11 Å². The normalized spacial score (nSPS) is 9.71. The van der Waals surface area contributed by atoms with Gasteiger partial charge in [0.05, 0.1) is 24.7 Å². The first-order chi connectivity index (χ1) is 8.06. The van der Waals surface area contributed by atoms with Crippen LogP contribution in [0.25, 0.3) is 0 Å². The zero-order valence-electron chi connectivity index (χ0n) is 9.52. The lowest BCUT2D eigenvalue weighted by Gasteiger charge is -2.05. The molecule has 0 unspecified atom stereocenters. The molecule has 0 aliphatic heterocycles. The molecule has 0 heterocycles. The van der Waals surface area contributed by atoms with Crippen molar-refractivity contribution in [2.45, 2.75) is 0 Å². The van der Waals surface area contributed by atoms with Gasteiger partial charge in [-0.1, -0.05) is 0 Å². The second kappa shape index (κ2) is 9.91. The van der Waals surface area contributed by atoms with Crippen molar-refractivity contribution >= 4 is 29.5 Å². The van der Waals surface area contributed by atoms with Gasteiger partial charge in [-0.25, -0.2) is 0 Å². The number of ether oxygens (including phenoxy) is 1. The molecule has 0 aromatic rings. The Kier molecular flexibility index (Phi) is 9.17. The van der Waals surface area contributed by atoms with E-state index in [9.17, 15) is 14.4 Å². The van der Waals surface area contributed by atoms with Gasteiger partial charge in [0.2, 0.25) is 11.8 Å². The highest BCUT2D eigenvalue weighted by Crippen LogP contribution is 1.97. The van der Waals surface area contributed by atoms with Crippen LogP contribution in [0.5, 0.6) is 0 Å². The highest BCUT2D eigenvalue weighted by Gasteiger charge is 2.06. The molecule has 0 aromatic heterocycles. The van der Waals surface area contributed by atoms with Gasteiger partial charge < -0.3 is 20.5 Å². The summed E-state index contributed by atoms with van der Waals surface area (Å²) in [4.78, 5) is 32.4. The van der Waals surface area contributed by atoms with E-state index in [1.807, 2.05) is 0 Å². The SMILES string of the molecule is COCCNC(=O)CNC(=O)CSCC(=O)O. The van der Waals surface area contributed by atoms with Gasteiger partial charge in [0.1, 0.15) is 0 Å². The number of aliphatic carboxylic acids is 1. The van der Waals surface area contributed by atoms with Crippen LogP contribution in [0.4, 0.5) is 0 Å². The van der Waals surface area contributed by atoms with Crippen LogP contribution in [-0.4, -0.2) is 61.2 Å². The topological polar surface area (TPSA) is 105 Å². The van der Waals surface area contributed by atoms with Gasteiger partial charge in [0.25, 0.3) is 0 Å². The Morgan fingerprint density at radius 3 is 2.47 bits per heavy atom. The van der Waals surface area contributed by atoms with Crippen molar-refractivity contribution in [3.63, 3.8) is 0 Å². The molecule has 0 rings (SSSR count). The lowest BCUT2D eigenvalue weighted by molar-refractivity contribution is -0.133. The molecule has 2 amide bonds. The Morgan fingerprint density at radius 2 is 1.88 bits per heavy atom. The van der Waals surface area contributed by atoms with E-state index in [0.29, 0.717) is 13.2 Å². The van der Waals surface area contributed by atoms with Gasteiger partial charge in [0.15, 0.2) is 0 Å². The van der Waals surface area contributed by atoms with Gasteiger partial charge >= 0.3 is 5.97 Å².